The quantitative estimate of drug-likeness (QED) is 0.552. The summed E-state index contributed by atoms with van der Waals surface area (Å²) in [6.07, 6.45) is 1.31. The van der Waals surface area contributed by atoms with E-state index in [4.69, 9.17) is 5.26 Å². The summed E-state index contributed by atoms with van der Waals surface area (Å²) in [5.74, 6) is -0.542. The first kappa shape index (κ1) is 8.27. The van der Waals surface area contributed by atoms with Crippen LogP contribution in [0.1, 0.15) is 16.1 Å². The van der Waals surface area contributed by atoms with E-state index < -0.39 is 5.97 Å². The topological polar surface area (TPSA) is 67.9 Å². The SMILES string of the molecule is COC(=O)c1cnn(C)c1C#N. The molecule has 0 N–H and O–H groups in total. The molecular weight excluding hydrogens is 158 g/mol. The van der Waals surface area contributed by atoms with Gasteiger partial charge in [-0.25, -0.2) is 4.79 Å². The fourth-order valence-corrected chi connectivity index (χ4v) is 0.829. The van der Waals surface area contributed by atoms with Crippen LogP contribution in [0.3, 0.4) is 0 Å². The molecule has 1 heterocycles. The highest BCUT2D eigenvalue weighted by atomic mass is 16.5. The van der Waals surface area contributed by atoms with Crippen molar-refractivity contribution in [3.63, 3.8) is 0 Å². The van der Waals surface area contributed by atoms with Crippen molar-refractivity contribution >= 4 is 5.97 Å². The summed E-state index contributed by atoms with van der Waals surface area (Å²) in [5.41, 5.74) is 0.407. The molecule has 0 aromatic carbocycles. The van der Waals surface area contributed by atoms with Crippen LogP contribution in [0.5, 0.6) is 0 Å². The molecule has 0 aliphatic carbocycles. The van der Waals surface area contributed by atoms with Gasteiger partial charge in [0.25, 0.3) is 0 Å². The summed E-state index contributed by atoms with van der Waals surface area (Å²) in [6, 6.07) is 1.86. The van der Waals surface area contributed by atoms with Crippen LogP contribution in [0.25, 0.3) is 0 Å². The van der Waals surface area contributed by atoms with Gasteiger partial charge in [0.15, 0.2) is 5.69 Å². The Balaban J connectivity index is 3.18. The molecular formula is C7H7N3O2. The van der Waals surface area contributed by atoms with E-state index in [1.54, 1.807) is 7.05 Å². The number of hydrogen-bond acceptors (Lipinski definition) is 4. The van der Waals surface area contributed by atoms with E-state index in [0.29, 0.717) is 0 Å². The smallest absolute Gasteiger partial charge is 0.342 e. The van der Waals surface area contributed by atoms with Gasteiger partial charge in [0.1, 0.15) is 11.6 Å². The summed E-state index contributed by atoms with van der Waals surface area (Å²) in [6.45, 7) is 0. The number of aromatic nitrogens is 2. The number of nitrogens with zero attached hydrogens (tertiary/aromatic N) is 3. The number of carbonyl (C=O) groups is 1. The van der Waals surface area contributed by atoms with E-state index in [1.807, 2.05) is 6.07 Å². The van der Waals surface area contributed by atoms with Crippen molar-refractivity contribution in [2.45, 2.75) is 0 Å². The van der Waals surface area contributed by atoms with Gasteiger partial charge in [-0.1, -0.05) is 0 Å². The standard InChI is InChI=1S/C7H7N3O2/c1-10-6(3-8)5(4-9-10)7(11)12-2/h4H,1-2H3. The molecule has 1 aromatic heterocycles. The van der Waals surface area contributed by atoms with Gasteiger partial charge in [-0.05, 0) is 0 Å². The number of ether oxygens (including phenoxy) is 1. The highest BCUT2D eigenvalue weighted by Gasteiger charge is 2.15. The lowest BCUT2D eigenvalue weighted by atomic mass is 10.2. The van der Waals surface area contributed by atoms with Crippen LogP contribution in [-0.2, 0) is 11.8 Å². The Morgan fingerprint density at radius 2 is 2.50 bits per heavy atom. The van der Waals surface area contributed by atoms with Crippen molar-refractivity contribution in [2.24, 2.45) is 7.05 Å². The molecule has 0 fully saturated rings. The fraction of sp³-hybridized carbons (Fsp3) is 0.286. The molecule has 1 rings (SSSR count). The Morgan fingerprint density at radius 3 is 3.00 bits per heavy atom. The average molecular weight is 165 g/mol. The Hall–Kier alpha value is -1.83. The summed E-state index contributed by atoms with van der Waals surface area (Å²) in [7, 11) is 2.85. The van der Waals surface area contributed by atoms with Gasteiger partial charge in [-0.2, -0.15) is 10.4 Å². The zero-order chi connectivity index (χ0) is 9.14. The van der Waals surface area contributed by atoms with E-state index in [1.165, 1.54) is 18.0 Å². The van der Waals surface area contributed by atoms with Crippen LogP contribution >= 0.6 is 0 Å². The van der Waals surface area contributed by atoms with Gasteiger partial charge < -0.3 is 4.74 Å². The van der Waals surface area contributed by atoms with Gasteiger partial charge >= 0.3 is 5.97 Å². The molecule has 0 amide bonds. The number of methoxy groups -OCH3 is 1. The average Bonchev–Trinajstić information content (AvgIpc) is 2.45. The minimum Gasteiger partial charge on any atom is -0.465 e. The first-order valence-electron chi connectivity index (χ1n) is 3.21. The van der Waals surface area contributed by atoms with Crippen molar-refractivity contribution in [1.29, 1.82) is 5.26 Å². The van der Waals surface area contributed by atoms with Crippen LogP contribution in [0, 0.1) is 11.3 Å². The number of esters is 1. The highest BCUT2D eigenvalue weighted by Crippen LogP contribution is 2.06. The zero-order valence-corrected chi connectivity index (χ0v) is 6.74. The van der Waals surface area contributed by atoms with Crippen LogP contribution in [-0.4, -0.2) is 22.9 Å². The highest BCUT2D eigenvalue weighted by molar-refractivity contribution is 5.91. The predicted octanol–water partition coefficient (Wildman–Crippen LogP) is 0.0784. The van der Waals surface area contributed by atoms with E-state index in [2.05, 4.69) is 9.84 Å². The second-order valence-corrected chi connectivity index (χ2v) is 2.13. The Kier molecular flexibility index (Phi) is 2.10. The van der Waals surface area contributed by atoms with Crippen molar-refractivity contribution in [1.82, 2.24) is 9.78 Å². The molecule has 0 atom stereocenters. The van der Waals surface area contributed by atoms with E-state index >= 15 is 0 Å². The minimum atomic E-state index is -0.542. The third-order valence-electron chi connectivity index (χ3n) is 1.45. The molecule has 0 bridgehead atoms. The monoisotopic (exact) mass is 165 g/mol. The fourth-order valence-electron chi connectivity index (χ4n) is 0.829. The summed E-state index contributed by atoms with van der Waals surface area (Å²) in [4.78, 5) is 11.0. The number of carbonyl (C=O) groups excluding carboxylic acids is 1. The van der Waals surface area contributed by atoms with Crippen LogP contribution in [0.2, 0.25) is 0 Å². The normalized spacial score (nSPS) is 9.08. The van der Waals surface area contributed by atoms with E-state index in [9.17, 15) is 4.79 Å². The largest absolute Gasteiger partial charge is 0.465 e. The maximum atomic E-state index is 11.0. The molecule has 0 saturated carbocycles. The Labute approximate surface area is 69.2 Å². The number of aryl methyl sites for hydroxylation is 1. The van der Waals surface area contributed by atoms with Crippen LogP contribution < -0.4 is 0 Å². The number of nitriles is 1. The van der Waals surface area contributed by atoms with E-state index in [0.717, 1.165) is 0 Å². The van der Waals surface area contributed by atoms with Gasteiger partial charge in [-0.3, -0.25) is 4.68 Å². The summed E-state index contributed by atoms with van der Waals surface area (Å²) in [5, 5.41) is 12.4. The third-order valence-corrected chi connectivity index (χ3v) is 1.45. The van der Waals surface area contributed by atoms with Crippen molar-refractivity contribution < 1.29 is 9.53 Å². The second kappa shape index (κ2) is 3.05. The molecule has 1 aromatic rings. The Morgan fingerprint density at radius 1 is 1.83 bits per heavy atom. The molecule has 62 valence electrons. The van der Waals surface area contributed by atoms with Gasteiger partial charge in [0, 0.05) is 7.05 Å². The van der Waals surface area contributed by atoms with Gasteiger partial charge in [-0.15, -0.1) is 0 Å². The number of hydrogen-bond donors (Lipinski definition) is 0. The molecule has 0 unspecified atom stereocenters. The lowest BCUT2D eigenvalue weighted by molar-refractivity contribution is 0.0600. The molecule has 0 saturated heterocycles. The molecule has 5 heteroatoms. The van der Waals surface area contributed by atoms with Crippen LogP contribution in [0.15, 0.2) is 6.20 Å². The molecule has 0 aliphatic heterocycles. The molecule has 0 spiro atoms. The third kappa shape index (κ3) is 1.14. The van der Waals surface area contributed by atoms with Crippen molar-refractivity contribution in [3.05, 3.63) is 17.5 Å². The lowest BCUT2D eigenvalue weighted by Gasteiger charge is -1.94. The summed E-state index contributed by atoms with van der Waals surface area (Å²) < 4.78 is 5.77. The Bertz CT molecular complexity index is 348. The summed E-state index contributed by atoms with van der Waals surface area (Å²) >= 11 is 0. The molecule has 12 heavy (non-hydrogen) atoms. The minimum absolute atomic E-state index is 0.197. The predicted molar refractivity (Wildman–Crippen MR) is 39.3 cm³/mol. The molecule has 5 nitrogen and oxygen atoms in total. The van der Waals surface area contributed by atoms with Crippen LogP contribution in [0.4, 0.5) is 0 Å². The van der Waals surface area contributed by atoms with E-state index in [-0.39, 0.29) is 11.3 Å². The lowest BCUT2D eigenvalue weighted by Crippen LogP contribution is -2.03. The molecule has 0 radical (unpaired) electrons. The maximum Gasteiger partial charge on any atom is 0.342 e. The van der Waals surface area contributed by atoms with Gasteiger partial charge in [0.05, 0.1) is 13.3 Å². The second-order valence-electron chi connectivity index (χ2n) is 2.13. The molecule has 0 aliphatic rings. The first-order chi connectivity index (χ1) is 5.70. The van der Waals surface area contributed by atoms with Gasteiger partial charge in [0.2, 0.25) is 0 Å². The van der Waals surface area contributed by atoms with Crippen molar-refractivity contribution in [3.8, 4) is 6.07 Å². The zero-order valence-electron chi connectivity index (χ0n) is 6.74. The maximum absolute atomic E-state index is 11.0. The first-order valence-corrected chi connectivity index (χ1v) is 3.21. The van der Waals surface area contributed by atoms with Crippen molar-refractivity contribution in [2.75, 3.05) is 7.11 Å². The number of rotatable bonds is 1.